The van der Waals surface area contributed by atoms with Gasteiger partial charge in [0, 0.05) is 18.6 Å². The molecule has 3 nitrogen and oxygen atoms in total. The Labute approximate surface area is 110 Å². The van der Waals surface area contributed by atoms with Crippen LogP contribution in [0.25, 0.3) is 0 Å². The molecule has 1 saturated carbocycles. The molecule has 100 valence electrons. The molecule has 1 aliphatic carbocycles. The Morgan fingerprint density at radius 3 is 2.61 bits per heavy atom. The van der Waals surface area contributed by atoms with Crippen molar-refractivity contribution in [2.75, 3.05) is 20.2 Å². The highest BCUT2D eigenvalue weighted by Gasteiger charge is 2.32. The zero-order chi connectivity index (χ0) is 13.1. The van der Waals surface area contributed by atoms with Crippen molar-refractivity contribution >= 4 is 0 Å². The standard InChI is InChI=1S/C15H24N2O/c1-4-17(13-6-7-13)14(10-16)12-5-8-15(18-3)11(2)9-12/h5,8-9,13-14H,4,6-7,10,16H2,1-3H3. The topological polar surface area (TPSA) is 38.5 Å². The molecular formula is C15H24N2O. The zero-order valence-corrected chi connectivity index (χ0v) is 11.6. The molecule has 2 N–H and O–H groups in total. The summed E-state index contributed by atoms with van der Waals surface area (Å²) in [5.41, 5.74) is 8.49. The van der Waals surface area contributed by atoms with Crippen LogP contribution < -0.4 is 10.5 Å². The summed E-state index contributed by atoms with van der Waals surface area (Å²) in [6, 6.07) is 7.49. The Morgan fingerprint density at radius 1 is 1.44 bits per heavy atom. The van der Waals surface area contributed by atoms with Crippen molar-refractivity contribution in [3.8, 4) is 5.75 Å². The summed E-state index contributed by atoms with van der Waals surface area (Å²) in [6.07, 6.45) is 2.64. The lowest BCUT2D eigenvalue weighted by Crippen LogP contribution is -2.35. The van der Waals surface area contributed by atoms with Gasteiger partial charge >= 0.3 is 0 Å². The Bertz CT molecular complexity index is 401. The molecule has 18 heavy (non-hydrogen) atoms. The first-order chi connectivity index (χ1) is 8.71. The van der Waals surface area contributed by atoms with Crippen LogP contribution in [0.1, 0.15) is 36.9 Å². The molecule has 0 amide bonds. The predicted molar refractivity (Wildman–Crippen MR) is 74.9 cm³/mol. The van der Waals surface area contributed by atoms with E-state index < -0.39 is 0 Å². The quantitative estimate of drug-likeness (QED) is 0.840. The molecule has 1 fully saturated rings. The number of rotatable bonds is 6. The fraction of sp³-hybridized carbons (Fsp3) is 0.600. The molecule has 0 aliphatic heterocycles. The van der Waals surface area contributed by atoms with E-state index >= 15 is 0 Å². The van der Waals surface area contributed by atoms with Crippen LogP contribution in [0, 0.1) is 6.92 Å². The van der Waals surface area contributed by atoms with Crippen LogP contribution in [-0.2, 0) is 0 Å². The van der Waals surface area contributed by atoms with Gasteiger partial charge < -0.3 is 10.5 Å². The largest absolute Gasteiger partial charge is 0.496 e. The van der Waals surface area contributed by atoms with Gasteiger partial charge in [0.15, 0.2) is 0 Å². The normalized spacial score (nSPS) is 16.9. The van der Waals surface area contributed by atoms with Crippen LogP contribution in [0.2, 0.25) is 0 Å². The second-order valence-corrected chi connectivity index (χ2v) is 5.04. The number of nitrogens with two attached hydrogens (primary N) is 1. The van der Waals surface area contributed by atoms with E-state index in [0.717, 1.165) is 18.3 Å². The molecule has 1 unspecified atom stereocenters. The molecule has 3 heteroatoms. The van der Waals surface area contributed by atoms with Crippen molar-refractivity contribution in [3.05, 3.63) is 29.3 Å². The molecule has 0 radical (unpaired) electrons. The van der Waals surface area contributed by atoms with Crippen LogP contribution in [-0.4, -0.2) is 31.1 Å². The lowest BCUT2D eigenvalue weighted by Gasteiger charge is -2.30. The lowest BCUT2D eigenvalue weighted by atomic mass is 10.0. The summed E-state index contributed by atoms with van der Waals surface area (Å²) in [5.74, 6) is 0.948. The van der Waals surface area contributed by atoms with E-state index in [1.165, 1.54) is 24.0 Å². The van der Waals surface area contributed by atoms with E-state index in [1.54, 1.807) is 7.11 Å². The van der Waals surface area contributed by atoms with Crippen molar-refractivity contribution in [3.63, 3.8) is 0 Å². The average molecular weight is 248 g/mol. The zero-order valence-electron chi connectivity index (χ0n) is 11.6. The van der Waals surface area contributed by atoms with Gasteiger partial charge in [0.25, 0.3) is 0 Å². The molecule has 0 bridgehead atoms. The molecule has 0 saturated heterocycles. The van der Waals surface area contributed by atoms with Gasteiger partial charge in [0.05, 0.1) is 7.11 Å². The van der Waals surface area contributed by atoms with Crippen LogP contribution in [0.15, 0.2) is 18.2 Å². The summed E-state index contributed by atoms with van der Waals surface area (Å²) in [7, 11) is 1.71. The molecule has 0 heterocycles. The first-order valence-corrected chi connectivity index (χ1v) is 6.81. The number of methoxy groups -OCH3 is 1. The third-order valence-electron chi connectivity index (χ3n) is 3.81. The Hall–Kier alpha value is -1.06. The second kappa shape index (κ2) is 5.72. The number of nitrogens with zero attached hydrogens (tertiary/aromatic N) is 1. The van der Waals surface area contributed by atoms with Gasteiger partial charge in [0.1, 0.15) is 5.75 Å². The van der Waals surface area contributed by atoms with Crippen molar-refractivity contribution < 1.29 is 4.74 Å². The first-order valence-electron chi connectivity index (χ1n) is 6.81. The number of aryl methyl sites for hydroxylation is 1. The molecule has 1 atom stereocenters. The molecule has 1 aromatic carbocycles. The highest BCUT2D eigenvalue weighted by atomic mass is 16.5. The van der Waals surface area contributed by atoms with Crippen molar-refractivity contribution in [2.45, 2.75) is 38.8 Å². The first kappa shape index (κ1) is 13.4. The maximum atomic E-state index is 5.99. The molecular weight excluding hydrogens is 224 g/mol. The fourth-order valence-electron chi connectivity index (χ4n) is 2.71. The Kier molecular flexibility index (Phi) is 4.25. The summed E-state index contributed by atoms with van der Waals surface area (Å²) < 4.78 is 5.32. The molecule has 1 aliphatic rings. The minimum atomic E-state index is 0.340. The maximum Gasteiger partial charge on any atom is 0.121 e. The summed E-state index contributed by atoms with van der Waals surface area (Å²) in [4.78, 5) is 2.53. The lowest BCUT2D eigenvalue weighted by molar-refractivity contribution is 0.202. The van der Waals surface area contributed by atoms with Gasteiger partial charge in [0.2, 0.25) is 0 Å². The van der Waals surface area contributed by atoms with Crippen molar-refractivity contribution in [1.29, 1.82) is 0 Å². The number of benzene rings is 1. The Balaban J connectivity index is 2.23. The predicted octanol–water partition coefficient (Wildman–Crippen LogP) is 2.49. The van der Waals surface area contributed by atoms with E-state index in [0.29, 0.717) is 12.6 Å². The van der Waals surface area contributed by atoms with E-state index in [2.05, 4.69) is 30.9 Å². The van der Waals surface area contributed by atoms with Crippen LogP contribution in [0.4, 0.5) is 0 Å². The fourth-order valence-corrected chi connectivity index (χ4v) is 2.71. The summed E-state index contributed by atoms with van der Waals surface area (Å²) >= 11 is 0. The van der Waals surface area contributed by atoms with Gasteiger partial charge in [-0.05, 0) is 43.5 Å². The number of hydrogen-bond donors (Lipinski definition) is 1. The monoisotopic (exact) mass is 248 g/mol. The minimum Gasteiger partial charge on any atom is -0.496 e. The molecule has 0 aromatic heterocycles. The van der Waals surface area contributed by atoms with E-state index in [4.69, 9.17) is 10.5 Å². The van der Waals surface area contributed by atoms with Crippen LogP contribution in [0.5, 0.6) is 5.75 Å². The van der Waals surface area contributed by atoms with Gasteiger partial charge in [-0.3, -0.25) is 4.90 Å². The summed E-state index contributed by atoms with van der Waals surface area (Å²) in [5, 5.41) is 0. The van der Waals surface area contributed by atoms with E-state index in [1.807, 2.05) is 6.07 Å². The Morgan fingerprint density at radius 2 is 2.17 bits per heavy atom. The maximum absolute atomic E-state index is 5.99. The van der Waals surface area contributed by atoms with Gasteiger partial charge in [-0.25, -0.2) is 0 Å². The number of ether oxygens (including phenoxy) is 1. The highest BCUT2D eigenvalue weighted by Crippen LogP contribution is 2.34. The number of likely N-dealkylation sites (N-methyl/N-ethyl adjacent to an activating group) is 1. The molecule has 2 rings (SSSR count). The van der Waals surface area contributed by atoms with Crippen LogP contribution in [0.3, 0.4) is 0 Å². The van der Waals surface area contributed by atoms with E-state index in [-0.39, 0.29) is 0 Å². The SMILES string of the molecule is CCN(C1CC1)C(CN)c1ccc(OC)c(C)c1. The second-order valence-electron chi connectivity index (χ2n) is 5.04. The van der Waals surface area contributed by atoms with E-state index in [9.17, 15) is 0 Å². The number of hydrogen-bond acceptors (Lipinski definition) is 3. The molecule has 1 aromatic rings. The van der Waals surface area contributed by atoms with Crippen molar-refractivity contribution in [1.82, 2.24) is 4.90 Å². The summed E-state index contributed by atoms with van der Waals surface area (Å²) in [6.45, 7) is 6.05. The van der Waals surface area contributed by atoms with Gasteiger partial charge in [-0.15, -0.1) is 0 Å². The van der Waals surface area contributed by atoms with Gasteiger partial charge in [-0.1, -0.05) is 19.1 Å². The van der Waals surface area contributed by atoms with Crippen molar-refractivity contribution in [2.24, 2.45) is 5.73 Å². The van der Waals surface area contributed by atoms with Gasteiger partial charge in [-0.2, -0.15) is 0 Å². The van der Waals surface area contributed by atoms with Crippen LogP contribution >= 0.6 is 0 Å². The minimum absolute atomic E-state index is 0.340. The average Bonchev–Trinajstić information content (AvgIpc) is 3.20. The molecule has 0 spiro atoms. The highest BCUT2D eigenvalue weighted by molar-refractivity contribution is 5.37. The third kappa shape index (κ3) is 2.68. The third-order valence-corrected chi connectivity index (χ3v) is 3.81. The smallest absolute Gasteiger partial charge is 0.121 e.